The van der Waals surface area contributed by atoms with Gasteiger partial charge in [0.05, 0.1) is 11.6 Å². The summed E-state index contributed by atoms with van der Waals surface area (Å²) >= 11 is 0. The van der Waals surface area contributed by atoms with Crippen LogP contribution in [0.15, 0.2) is 12.1 Å². The van der Waals surface area contributed by atoms with Crippen molar-refractivity contribution in [2.45, 2.75) is 45.0 Å². The second-order valence-corrected chi connectivity index (χ2v) is 6.76. The van der Waals surface area contributed by atoms with E-state index in [4.69, 9.17) is 10.00 Å². The van der Waals surface area contributed by atoms with Crippen molar-refractivity contribution in [1.29, 1.82) is 5.26 Å². The third kappa shape index (κ3) is 4.98. The average molecular weight is 356 g/mol. The van der Waals surface area contributed by atoms with E-state index in [2.05, 4.69) is 10.3 Å². The lowest BCUT2D eigenvalue weighted by Gasteiger charge is -2.22. The number of rotatable bonds is 2. The zero-order valence-corrected chi connectivity index (χ0v) is 14.1. The number of nitrogens with one attached hydrogen (secondary N) is 1. The van der Waals surface area contributed by atoms with Crippen LogP contribution in [0.1, 0.15) is 38.4 Å². The van der Waals surface area contributed by atoms with Crippen LogP contribution in [0, 0.1) is 11.3 Å². The fourth-order valence-corrected chi connectivity index (χ4v) is 2.48. The molecule has 0 spiro atoms. The van der Waals surface area contributed by atoms with Crippen molar-refractivity contribution in [3.05, 3.63) is 23.4 Å². The molecule has 2 heterocycles. The minimum absolute atomic E-state index is 0.0224. The summed E-state index contributed by atoms with van der Waals surface area (Å²) in [5.74, 6) is -0.0224. The molecule has 2 rings (SSSR count). The molecule has 0 aromatic carbocycles. The average Bonchev–Trinajstić information content (AvgIpc) is 2.91. The zero-order chi connectivity index (χ0) is 18.8. The molecule has 1 atom stereocenters. The summed E-state index contributed by atoms with van der Waals surface area (Å²) in [5.41, 5.74) is -1.63. The van der Waals surface area contributed by atoms with E-state index in [1.165, 1.54) is 0 Å². The van der Waals surface area contributed by atoms with Crippen molar-refractivity contribution in [1.82, 2.24) is 10.3 Å². The number of alkyl halides is 3. The molecule has 0 aliphatic carbocycles. The van der Waals surface area contributed by atoms with Crippen molar-refractivity contribution in [2.75, 3.05) is 18.0 Å². The summed E-state index contributed by atoms with van der Waals surface area (Å²) in [5, 5.41) is 11.8. The molecule has 0 radical (unpaired) electrons. The summed E-state index contributed by atoms with van der Waals surface area (Å²) in [6, 6.07) is 3.46. The van der Waals surface area contributed by atoms with Crippen molar-refractivity contribution in [3.8, 4) is 6.07 Å². The Labute approximate surface area is 143 Å². The molecule has 9 heteroatoms. The molecule has 1 aromatic heterocycles. The van der Waals surface area contributed by atoms with E-state index >= 15 is 0 Å². The Balaban J connectivity index is 2.11. The molecule has 0 saturated carbocycles. The molecule has 1 N–H and O–H groups in total. The van der Waals surface area contributed by atoms with Gasteiger partial charge in [0.2, 0.25) is 0 Å². The van der Waals surface area contributed by atoms with Crippen molar-refractivity contribution in [3.63, 3.8) is 0 Å². The molecule has 136 valence electrons. The summed E-state index contributed by atoms with van der Waals surface area (Å²) in [7, 11) is 0. The smallest absolute Gasteiger partial charge is 0.433 e. The monoisotopic (exact) mass is 356 g/mol. The van der Waals surface area contributed by atoms with E-state index in [0.717, 1.165) is 12.1 Å². The highest BCUT2D eigenvalue weighted by molar-refractivity contribution is 5.68. The third-order valence-corrected chi connectivity index (χ3v) is 3.49. The predicted molar refractivity (Wildman–Crippen MR) is 83.9 cm³/mol. The number of aromatic nitrogens is 1. The van der Waals surface area contributed by atoms with Crippen molar-refractivity contribution < 1.29 is 22.7 Å². The molecule has 1 aliphatic rings. The predicted octanol–water partition coefficient (Wildman–Crippen LogP) is 3.08. The molecule has 25 heavy (non-hydrogen) atoms. The zero-order valence-electron chi connectivity index (χ0n) is 14.1. The van der Waals surface area contributed by atoms with Crippen molar-refractivity contribution >= 4 is 11.9 Å². The Morgan fingerprint density at radius 3 is 2.64 bits per heavy atom. The van der Waals surface area contributed by atoms with Crippen LogP contribution in [0.5, 0.6) is 0 Å². The number of nitrogens with zero attached hydrogens (tertiary/aromatic N) is 3. The van der Waals surface area contributed by atoms with Gasteiger partial charge in [-0.3, -0.25) is 0 Å². The lowest BCUT2D eigenvalue weighted by atomic mass is 10.2. The first-order valence-corrected chi connectivity index (χ1v) is 7.72. The number of alkyl carbamates (subject to hydrolysis) is 1. The van der Waals surface area contributed by atoms with E-state index in [9.17, 15) is 18.0 Å². The van der Waals surface area contributed by atoms with E-state index in [1.54, 1.807) is 25.7 Å². The van der Waals surface area contributed by atoms with Gasteiger partial charge in [-0.2, -0.15) is 18.4 Å². The summed E-state index contributed by atoms with van der Waals surface area (Å²) in [6.07, 6.45) is -4.66. The van der Waals surface area contributed by atoms with Crippen LogP contribution in [-0.2, 0) is 10.9 Å². The molecule has 1 aromatic rings. The maximum atomic E-state index is 12.9. The molecule has 0 unspecified atom stereocenters. The normalized spacial score (nSPS) is 18.0. The molecular weight excluding hydrogens is 337 g/mol. The number of anilines is 1. The van der Waals surface area contributed by atoms with Gasteiger partial charge < -0.3 is 15.0 Å². The van der Waals surface area contributed by atoms with Crippen molar-refractivity contribution in [2.24, 2.45) is 0 Å². The van der Waals surface area contributed by atoms with Crippen LogP contribution in [0.4, 0.5) is 23.8 Å². The van der Waals surface area contributed by atoms with Gasteiger partial charge in [-0.15, -0.1) is 0 Å². The topological polar surface area (TPSA) is 78.2 Å². The standard InChI is InChI=1S/C16H19F3N4O2/c1-15(2,3)25-14(24)21-11-6-7-23(9-11)13-10(8-20)4-5-12(22-13)16(17,18)19/h4-5,11H,6-7,9H2,1-3H3,(H,21,24)/t11-/m0/s1. The summed E-state index contributed by atoms with van der Waals surface area (Å²) in [6.45, 7) is 5.84. The van der Waals surface area contributed by atoms with E-state index < -0.39 is 23.6 Å². The number of amides is 1. The molecule has 6 nitrogen and oxygen atoms in total. The molecular formula is C16H19F3N4O2. The molecule has 1 aliphatic heterocycles. The van der Waals surface area contributed by atoms with Gasteiger partial charge in [0.1, 0.15) is 23.2 Å². The maximum Gasteiger partial charge on any atom is 0.433 e. The third-order valence-electron chi connectivity index (χ3n) is 3.49. The second kappa shape index (κ2) is 6.78. The summed E-state index contributed by atoms with van der Waals surface area (Å²) in [4.78, 5) is 17.0. The lowest BCUT2D eigenvalue weighted by molar-refractivity contribution is -0.141. The largest absolute Gasteiger partial charge is 0.444 e. The maximum absolute atomic E-state index is 12.9. The highest BCUT2D eigenvalue weighted by atomic mass is 19.4. The second-order valence-electron chi connectivity index (χ2n) is 6.76. The Kier molecular flexibility index (Phi) is 5.11. The van der Waals surface area contributed by atoms with Gasteiger partial charge in [0, 0.05) is 13.1 Å². The van der Waals surface area contributed by atoms with Gasteiger partial charge in [0.25, 0.3) is 0 Å². The number of hydrogen-bond donors (Lipinski definition) is 1. The molecule has 0 bridgehead atoms. The number of pyridine rings is 1. The SMILES string of the molecule is CC(C)(C)OC(=O)N[C@H]1CCN(c2nc(C(F)(F)F)ccc2C#N)C1. The number of carbonyl (C=O) groups is 1. The van der Waals surface area contributed by atoms with Gasteiger partial charge in [-0.05, 0) is 39.3 Å². The first kappa shape index (κ1) is 18.8. The van der Waals surface area contributed by atoms with Crippen LogP contribution in [-0.4, -0.2) is 35.8 Å². The number of nitriles is 1. The van der Waals surface area contributed by atoms with Crippen LogP contribution in [0.3, 0.4) is 0 Å². The number of halogens is 3. The van der Waals surface area contributed by atoms with E-state index in [0.29, 0.717) is 13.0 Å². The van der Waals surface area contributed by atoms with Crippen LogP contribution in [0.2, 0.25) is 0 Å². The molecule has 1 saturated heterocycles. The first-order valence-electron chi connectivity index (χ1n) is 7.72. The van der Waals surface area contributed by atoms with Gasteiger partial charge in [-0.25, -0.2) is 9.78 Å². The minimum atomic E-state index is -4.59. The van der Waals surface area contributed by atoms with Gasteiger partial charge >= 0.3 is 12.3 Å². The molecule has 1 amide bonds. The lowest BCUT2D eigenvalue weighted by Crippen LogP contribution is -2.40. The Hall–Kier alpha value is -2.50. The van der Waals surface area contributed by atoms with Crippen LogP contribution < -0.4 is 10.2 Å². The van der Waals surface area contributed by atoms with Crippen LogP contribution >= 0.6 is 0 Å². The number of hydrogen-bond acceptors (Lipinski definition) is 5. The minimum Gasteiger partial charge on any atom is -0.444 e. The van der Waals surface area contributed by atoms with Gasteiger partial charge in [-0.1, -0.05) is 0 Å². The fourth-order valence-electron chi connectivity index (χ4n) is 2.48. The number of carbonyl (C=O) groups excluding carboxylic acids is 1. The van der Waals surface area contributed by atoms with Gasteiger partial charge in [0.15, 0.2) is 0 Å². The quantitative estimate of drug-likeness (QED) is 0.881. The highest BCUT2D eigenvalue weighted by Crippen LogP contribution is 2.31. The first-order chi connectivity index (χ1) is 11.5. The Bertz CT molecular complexity index is 692. The van der Waals surface area contributed by atoms with E-state index in [1.807, 2.05) is 6.07 Å². The number of ether oxygens (including phenoxy) is 1. The summed E-state index contributed by atoms with van der Waals surface area (Å²) < 4.78 is 43.7. The Morgan fingerprint density at radius 1 is 1.40 bits per heavy atom. The fraction of sp³-hybridized carbons (Fsp3) is 0.562. The highest BCUT2D eigenvalue weighted by Gasteiger charge is 2.35. The van der Waals surface area contributed by atoms with Crippen LogP contribution in [0.25, 0.3) is 0 Å². The van der Waals surface area contributed by atoms with E-state index in [-0.39, 0.29) is 24.0 Å². The Morgan fingerprint density at radius 2 is 2.08 bits per heavy atom. The molecule has 1 fully saturated rings.